The van der Waals surface area contributed by atoms with Crippen molar-refractivity contribution in [2.45, 2.75) is 13.8 Å². The van der Waals surface area contributed by atoms with Crippen LogP contribution in [0.5, 0.6) is 5.75 Å². The monoisotopic (exact) mass is 367 g/mol. The van der Waals surface area contributed by atoms with Gasteiger partial charge in [-0.2, -0.15) is 0 Å². The lowest BCUT2D eigenvalue weighted by Gasteiger charge is -2.36. The number of hydrogen-bond acceptors (Lipinski definition) is 4. The zero-order valence-electron chi connectivity index (χ0n) is 15.8. The van der Waals surface area contributed by atoms with Crippen LogP contribution in [0.3, 0.4) is 0 Å². The molecule has 1 saturated heterocycles. The molecule has 0 aliphatic carbocycles. The summed E-state index contributed by atoms with van der Waals surface area (Å²) in [4.78, 5) is 28.2. The first-order chi connectivity index (χ1) is 13.1. The molecule has 2 aromatic rings. The fourth-order valence-electron chi connectivity index (χ4n) is 3.13. The Labute approximate surface area is 159 Å². The van der Waals surface area contributed by atoms with Crippen LogP contribution in [0.1, 0.15) is 24.2 Å². The zero-order chi connectivity index (χ0) is 19.2. The highest BCUT2D eigenvalue weighted by atomic mass is 16.5. The third kappa shape index (κ3) is 4.58. The van der Waals surface area contributed by atoms with Crippen molar-refractivity contribution >= 4 is 23.2 Å². The summed E-state index contributed by atoms with van der Waals surface area (Å²) in [5, 5.41) is 2.94. The van der Waals surface area contributed by atoms with E-state index >= 15 is 0 Å². The highest BCUT2D eigenvalue weighted by Crippen LogP contribution is 2.24. The molecule has 2 amide bonds. The van der Waals surface area contributed by atoms with Crippen molar-refractivity contribution in [2.24, 2.45) is 0 Å². The molecular weight excluding hydrogens is 342 g/mol. The number of anilines is 2. The molecule has 27 heavy (non-hydrogen) atoms. The van der Waals surface area contributed by atoms with E-state index in [0.29, 0.717) is 36.7 Å². The van der Waals surface area contributed by atoms with E-state index in [1.165, 1.54) is 0 Å². The Hall–Kier alpha value is -3.02. The van der Waals surface area contributed by atoms with Gasteiger partial charge in [0.1, 0.15) is 5.75 Å². The lowest BCUT2D eigenvalue weighted by molar-refractivity contribution is 0.101. The van der Waals surface area contributed by atoms with Gasteiger partial charge in [0.25, 0.3) is 0 Å². The van der Waals surface area contributed by atoms with E-state index in [1.807, 2.05) is 55.5 Å². The number of rotatable bonds is 5. The van der Waals surface area contributed by atoms with Gasteiger partial charge in [0, 0.05) is 37.4 Å². The van der Waals surface area contributed by atoms with Gasteiger partial charge in [0.15, 0.2) is 5.78 Å². The Morgan fingerprint density at radius 3 is 2.48 bits per heavy atom. The lowest BCUT2D eigenvalue weighted by atomic mass is 10.1. The predicted octanol–water partition coefficient (Wildman–Crippen LogP) is 3.64. The van der Waals surface area contributed by atoms with E-state index in [4.69, 9.17) is 4.74 Å². The molecule has 1 N–H and O–H groups in total. The number of nitrogens with zero attached hydrogens (tertiary/aromatic N) is 2. The standard InChI is InChI=1S/C21H25N3O3/c1-3-27-20-10-5-4-9-19(20)22-21(26)24-13-11-23(12-14-24)18-8-6-7-17(15-18)16(2)25/h4-10,15H,3,11-14H2,1-2H3,(H,22,26). The molecule has 2 aromatic carbocycles. The van der Waals surface area contributed by atoms with Crippen LogP contribution in [-0.2, 0) is 0 Å². The van der Waals surface area contributed by atoms with Gasteiger partial charge in [0.2, 0.25) is 0 Å². The Morgan fingerprint density at radius 1 is 1.04 bits per heavy atom. The molecule has 0 bridgehead atoms. The van der Waals surface area contributed by atoms with Crippen molar-refractivity contribution in [3.8, 4) is 5.75 Å². The quantitative estimate of drug-likeness (QED) is 0.820. The lowest BCUT2D eigenvalue weighted by Crippen LogP contribution is -2.50. The number of hydrogen-bond donors (Lipinski definition) is 1. The molecule has 6 nitrogen and oxygen atoms in total. The molecule has 0 saturated carbocycles. The summed E-state index contributed by atoms with van der Waals surface area (Å²) < 4.78 is 5.56. The summed E-state index contributed by atoms with van der Waals surface area (Å²) in [5.41, 5.74) is 2.41. The number of carbonyl (C=O) groups excluding carboxylic acids is 2. The third-order valence-electron chi connectivity index (χ3n) is 4.61. The molecule has 0 aromatic heterocycles. The van der Waals surface area contributed by atoms with Gasteiger partial charge < -0.3 is 19.9 Å². The van der Waals surface area contributed by atoms with E-state index in [0.717, 1.165) is 18.8 Å². The first kappa shape index (κ1) is 18.8. The van der Waals surface area contributed by atoms with E-state index in [2.05, 4.69) is 10.2 Å². The van der Waals surface area contributed by atoms with E-state index in [9.17, 15) is 9.59 Å². The minimum absolute atomic E-state index is 0.0582. The van der Waals surface area contributed by atoms with Crippen LogP contribution in [-0.4, -0.2) is 49.5 Å². The summed E-state index contributed by atoms with van der Waals surface area (Å²) in [6.07, 6.45) is 0. The first-order valence-corrected chi connectivity index (χ1v) is 9.22. The molecule has 1 heterocycles. The van der Waals surface area contributed by atoms with Gasteiger partial charge in [-0.3, -0.25) is 4.79 Å². The van der Waals surface area contributed by atoms with Crippen molar-refractivity contribution in [1.82, 2.24) is 4.90 Å². The van der Waals surface area contributed by atoms with E-state index < -0.39 is 0 Å². The third-order valence-corrected chi connectivity index (χ3v) is 4.61. The Morgan fingerprint density at radius 2 is 1.78 bits per heavy atom. The van der Waals surface area contributed by atoms with Crippen LogP contribution in [0.4, 0.5) is 16.2 Å². The number of amides is 2. The number of para-hydroxylation sites is 2. The molecule has 1 aliphatic heterocycles. The van der Waals surface area contributed by atoms with Crippen molar-refractivity contribution < 1.29 is 14.3 Å². The molecule has 6 heteroatoms. The van der Waals surface area contributed by atoms with Crippen molar-refractivity contribution in [3.63, 3.8) is 0 Å². The summed E-state index contributed by atoms with van der Waals surface area (Å²) in [5.74, 6) is 0.732. The maximum Gasteiger partial charge on any atom is 0.322 e. The van der Waals surface area contributed by atoms with Crippen LogP contribution >= 0.6 is 0 Å². The van der Waals surface area contributed by atoms with Crippen LogP contribution in [0.2, 0.25) is 0 Å². The number of ketones is 1. The summed E-state index contributed by atoms with van der Waals surface area (Å²) in [6, 6.07) is 15.0. The van der Waals surface area contributed by atoms with Gasteiger partial charge in [-0.15, -0.1) is 0 Å². The van der Waals surface area contributed by atoms with Gasteiger partial charge in [-0.25, -0.2) is 4.79 Å². The molecule has 142 valence electrons. The molecule has 1 fully saturated rings. The molecule has 0 unspecified atom stereocenters. The smallest absolute Gasteiger partial charge is 0.322 e. The van der Waals surface area contributed by atoms with Crippen LogP contribution in [0.25, 0.3) is 0 Å². The molecular formula is C21H25N3O3. The fraction of sp³-hybridized carbons (Fsp3) is 0.333. The van der Waals surface area contributed by atoms with Crippen LogP contribution in [0, 0.1) is 0 Å². The van der Waals surface area contributed by atoms with Gasteiger partial charge in [-0.1, -0.05) is 24.3 Å². The topological polar surface area (TPSA) is 61.9 Å². The van der Waals surface area contributed by atoms with Crippen molar-refractivity contribution in [3.05, 3.63) is 54.1 Å². The summed E-state index contributed by atoms with van der Waals surface area (Å²) in [6.45, 7) is 6.72. The molecule has 0 radical (unpaired) electrons. The van der Waals surface area contributed by atoms with Crippen LogP contribution < -0.4 is 15.0 Å². The Balaban J connectivity index is 1.60. The summed E-state index contributed by atoms with van der Waals surface area (Å²) in [7, 11) is 0. The zero-order valence-corrected chi connectivity index (χ0v) is 15.8. The van der Waals surface area contributed by atoms with E-state index in [-0.39, 0.29) is 11.8 Å². The number of Topliss-reactive ketones (excluding diaryl/α,β-unsaturated/α-hetero) is 1. The number of carbonyl (C=O) groups is 2. The van der Waals surface area contributed by atoms with Crippen molar-refractivity contribution in [1.29, 1.82) is 0 Å². The normalized spacial score (nSPS) is 14.0. The van der Waals surface area contributed by atoms with Crippen LogP contribution in [0.15, 0.2) is 48.5 Å². The minimum Gasteiger partial charge on any atom is -0.492 e. The predicted molar refractivity (Wildman–Crippen MR) is 107 cm³/mol. The summed E-state index contributed by atoms with van der Waals surface area (Å²) >= 11 is 0. The average molecular weight is 367 g/mol. The fourth-order valence-corrected chi connectivity index (χ4v) is 3.13. The molecule has 0 spiro atoms. The second-order valence-corrected chi connectivity index (χ2v) is 6.44. The highest BCUT2D eigenvalue weighted by molar-refractivity contribution is 5.95. The van der Waals surface area contributed by atoms with Gasteiger partial charge in [0.05, 0.1) is 12.3 Å². The number of benzene rings is 2. The average Bonchev–Trinajstić information content (AvgIpc) is 2.70. The molecule has 0 atom stereocenters. The SMILES string of the molecule is CCOc1ccccc1NC(=O)N1CCN(c2cccc(C(C)=O)c2)CC1. The largest absolute Gasteiger partial charge is 0.492 e. The minimum atomic E-state index is -0.126. The number of nitrogens with one attached hydrogen (secondary N) is 1. The van der Waals surface area contributed by atoms with E-state index in [1.54, 1.807) is 11.8 Å². The Bertz CT molecular complexity index is 814. The maximum absolute atomic E-state index is 12.6. The molecule has 3 rings (SSSR count). The van der Waals surface area contributed by atoms with Gasteiger partial charge >= 0.3 is 6.03 Å². The number of piperazine rings is 1. The second-order valence-electron chi connectivity index (χ2n) is 6.44. The Kier molecular flexibility index (Phi) is 5.96. The highest BCUT2D eigenvalue weighted by Gasteiger charge is 2.22. The first-order valence-electron chi connectivity index (χ1n) is 9.22. The number of ether oxygens (including phenoxy) is 1. The van der Waals surface area contributed by atoms with Gasteiger partial charge in [-0.05, 0) is 38.1 Å². The number of urea groups is 1. The second kappa shape index (κ2) is 8.58. The molecule has 1 aliphatic rings. The maximum atomic E-state index is 12.6. The van der Waals surface area contributed by atoms with Crippen molar-refractivity contribution in [2.75, 3.05) is 43.0 Å².